The fourth-order valence-electron chi connectivity index (χ4n) is 2.99. The van der Waals surface area contributed by atoms with Crippen LogP contribution < -0.4 is 5.32 Å². The lowest BCUT2D eigenvalue weighted by Crippen LogP contribution is -2.45. The fraction of sp³-hybridized carbons (Fsp3) is 0.550. The maximum atomic E-state index is 12.5. The molecule has 0 radical (unpaired) electrons. The number of likely N-dealkylation sites (tertiary alicyclic amines) is 1. The molecule has 9 heteroatoms. The molecule has 1 fully saturated rings. The number of alkyl halides is 3. The van der Waals surface area contributed by atoms with E-state index < -0.39 is 41.6 Å². The molecule has 0 unspecified atom stereocenters. The zero-order valence-corrected chi connectivity index (χ0v) is 16.6. The summed E-state index contributed by atoms with van der Waals surface area (Å²) in [6, 6.07) is 3.97. The van der Waals surface area contributed by atoms with Gasteiger partial charge >= 0.3 is 12.1 Å². The van der Waals surface area contributed by atoms with Gasteiger partial charge in [0.15, 0.2) is 6.61 Å². The highest BCUT2D eigenvalue weighted by molar-refractivity contribution is 5.93. The maximum absolute atomic E-state index is 12.5. The Morgan fingerprint density at radius 2 is 1.62 bits per heavy atom. The van der Waals surface area contributed by atoms with Crippen LogP contribution in [0.4, 0.5) is 18.9 Å². The zero-order valence-electron chi connectivity index (χ0n) is 16.6. The average Bonchev–Trinajstić information content (AvgIpc) is 2.64. The molecule has 1 aliphatic rings. The van der Waals surface area contributed by atoms with Gasteiger partial charge in [-0.2, -0.15) is 13.2 Å². The van der Waals surface area contributed by atoms with Crippen molar-refractivity contribution in [2.24, 2.45) is 11.3 Å². The number of anilines is 1. The van der Waals surface area contributed by atoms with E-state index in [1.807, 2.05) is 20.8 Å². The van der Waals surface area contributed by atoms with Gasteiger partial charge in [0, 0.05) is 24.2 Å². The van der Waals surface area contributed by atoms with Gasteiger partial charge in [0.1, 0.15) is 0 Å². The van der Waals surface area contributed by atoms with Gasteiger partial charge < -0.3 is 15.0 Å². The van der Waals surface area contributed by atoms with Gasteiger partial charge in [0.05, 0.1) is 11.5 Å². The van der Waals surface area contributed by atoms with Crippen LogP contribution in [0.5, 0.6) is 0 Å². The van der Waals surface area contributed by atoms with Crippen LogP contribution in [0.15, 0.2) is 24.3 Å². The van der Waals surface area contributed by atoms with Crippen LogP contribution in [0.1, 0.15) is 39.2 Å². The molecular weight excluding hydrogens is 389 g/mol. The number of nitrogens with zero attached hydrogens (tertiary/aromatic N) is 1. The van der Waals surface area contributed by atoms with E-state index in [0.29, 0.717) is 25.9 Å². The number of hydrogen-bond donors (Lipinski definition) is 1. The van der Waals surface area contributed by atoms with Crippen molar-refractivity contribution in [3.8, 4) is 0 Å². The molecule has 0 aromatic heterocycles. The first-order valence-electron chi connectivity index (χ1n) is 9.31. The minimum Gasteiger partial charge on any atom is -0.455 e. The molecule has 0 saturated carbocycles. The Morgan fingerprint density at radius 1 is 1.07 bits per heavy atom. The molecule has 0 bridgehead atoms. The number of rotatable bonds is 4. The molecule has 6 nitrogen and oxygen atoms in total. The maximum Gasteiger partial charge on any atom is 0.416 e. The van der Waals surface area contributed by atoms with Crippen LogP contribution in [0.2, 0.25) is 0 Å². The molecule has 2 rings (SSSR count). The first kappa shape index (κ1) is 22.7. The topological polar surface area (TPSA) is 75.7 Å². The van der Waals surface area contributed by atoms with Crippen molar-refractivity contribution in [3.63, 3.8) is 0 Å². The molecule has 1 N–H and O–H groups in total. The molecule has 1 aromatic rings. The number of halogens is 3. The van der Waals surface area contributed by atoms with Crippen molar-refractivity contribution < 1.29 is 32.3 Å². The lowest BCUT2D eigenvalue weighted by Gasteiger charge is -2.34. The van der Waals surface area contributed by atoms with Crippen molar-refractivity contribution in [1.29, 1.82) is 0 Å². The van der Waals surface area contributed by atoms with E-state index in [1.54, 1.807) is 4.90 Å². The first-order chi connectivity index (χ1) is 13.4. The number of esters is 1. The molecule has 2 amide bonds. The molecule has 160 valence electrons. The molecule has 0 spiro atoms. The molecular formula is C20H25F3N2O4. The molecule has 1 heterocycles. The quantitative estimate of drug-likeness (QED) is 0.766. The second-order valence-electron chi connectivity index (χ2n) is 8.05. The third-order valence-electron chi connectivity index (χ3n) is 4.60. The van der Waals surface area contributed by atoms with E-state index >= 15 is 0 Å². The van der Waals surface area contributed by atoms with Crippen molar-refractivity contribution in [2.75, 3.05) is 25.0 Å². The number of carbonyl (C=O) groups excluding carboxylic acids is 3. The van der Waals surface area contributed by atoms with Crippen LogP contribution in [-0.4, -0.2) is 42.4 Å². The highest BCUT2D eigenvalue weighted by Gasteiger charge is 2.33. The summed E-state index contributed by atoms with van der Waals surface area (Å²) < 4.78 is 42.6. The summed E-state index contributed by atoms with van der Waals surface area (Å²) in [6.45, 7) is 5.89. The summed E-state index contributed by atoms with van der Waals surface area (Å²) >= 11 is 0. The summed E-state index contributed by atoms with van der Waals surface area (Å²) in [5, 5.41) is 2.38. The van der Waals surface area contributed by atoms with E-state index in [0.717, 1.165) is 24.3 Å². The van der Waals surface area contributed by atoms with Gasteiger partial charge in [-0.3, -0.25) is 14.4 Å². The minimum absolute atomic E-state index is 0.0280. The smallest absolute Gasteiger partial charge is 0.416 e. The van der Waals surface area contributed by atoms with E-state index in [-0.39, 0.29) is 11.6 Å². The fourth-order valence-corrected chi connectivity index (χ4v) is 2.99. The molecule has 0 atom stereocenters. The van der Waals surface area contributed by atoms with Crippen LogP contribution in [0.3, 0.4) is 0 Å². The van der Waals surface area contributed by atoms with Gasteiger partial charge in [0.2, 0.25) is 5.91 Å². The Morgan fingerprint density at radius 3 is 2.10 bits per heavy atom. The average molecular weight is 414 g/mol. The van der Waals surface area contributed by atoms with Gasteiger partial charge in [-0.15, -0.1) is 0 Å². The second-order valence-corrected chi connectivity index (χ2v) is 8.05. The number of benzene rings is 1. The van der Waals surface area contributed by atoms with E-state index in [9.17, 15) is 27.6 Å². The Bertz CT molecular complexity index is 746. The second kappa shape index (κ2) is 8.84. The summed E-state index contributed by atoms with van der Waals surface area (Å²) in [7, 11) is 0. The molecule has 29 heavy (non-hydrogen) atoms. The first-order valence-corrected chi connectivity index (χ1v) is 9.31. The van der Waals surface area contributed by atoms with E-state index in [2.05, 4.69) is 5.32 Å². The monoisotopic (exact) mass is 414 g/mol. The zero-order chi connectivity index (χ0) is 21.8. The van der Waals surface area contributed by atoms with Gasteiger partial charge in [-0.25, -0.2) is 0 Å². The predicted octanol–water partition coefficient (Wildman–Crippen LogP) is 3.47. The van der Waals surface area contributed by atoms with Gasteiger partial charge in [-0.05, 0) is 37.1 Å². The summed E-state index contributed by atoms with van der Waals surface area (Å²) in [4.78, 5) is 38.0. The molecule has 1 saturated heterocycles. The van der Waals surface area contributed by atoms with Crippen molar-refractivity contribution in [1.82, 2.24) is 4.90 Å². The minimum atomic E-state index is -4.45. The van der Waals surface area contributed by atoms with E-state index in [4.69, 9.17) is 4.74 Å². The Hall–Kier alpha value is -2.58. The summed E-state index contributed by atoms with van der Waals surface area (Å²) in [6.07, 6.45) is -3.53. The third-order valence-corrected chi connectivity index (χ3v) is 4.60. The van der Waals surface area contributed by atoms with Gasteiger partial charge in [-0.1, -0.05) is 20.8 Å². The number of ether oxygens (including phenoxy) is 1. The van der Waals surface area contributed by atoms with Crippen LogP contribution in [0, 0.1) is 11.3 Å². The molecule has 1 aliphatic heterocycles. The number of nitrogens with one attached hydrogen (secondary N) is 1. The number of amides is 2. The van der Waals surface area contributed by atoms with E-state index in [1.165, 1.54) is 0 Å². The number of carbonyl (C=O) groups is 3. The standard InChI is InChI=1S/C20H25F3N2O4/c1-19(2,3)18(28)25-10-8-13(9-11-25)17(27)29-12-16(26)24-15-6-4-14(5-7-15)20(21,22)23/h4-7,13H,8-12H2,1-3H3,(H,24,26). The van der Waals surface area contributed by atoms with Crippen molar-refractivity contribution in [3.05, 3.63) is 29.8 Å². The van der Waals surface area contributed by atoms with Crippen LogP contribution in [0.25, 0.3) is 0 Å². The highest BCUT2D eigenvalue weighted by atomic mass is 19.4. The van der Waals surface area contributed by atoms with Crippen molar-refractivity contribution in [2.45, 2.75) is 39.8 Å². The lowest BCUT2D eigenvalue weighted by atomic mass is 9.91. The Balaban J connectivity index is 1.76. The lowest BCUT2D eigenvalue weighted by molar-refractivity contribution is -0.155. The highest BCUT2D eigenvalue weighted by Crippen LogP contribution is 2.30. The Kier molecular flexibility index (Phi) is 6.92. The number of piperidine rings is 1. The number of hydrogen-bond acceptors (Lipinski definition) is 4. The molecule has 0 aliphatic carbocycles. The van der Waals surface area contributed by atoms with Crippen molar-refractivity contribution >= 4 is 23.5 Å². The normalized spacial score (nSPS) is 15.7. The third kappa shape index (κ3) is 6.47. The SMILES string of the molecule is CC(C)(C)C(=O)N1CCC(C(=O)OCC(=O)Nc2ccc(C(F)(F)F)cc2)CC1. The summed E-state index contributed by atoms with van der Waals surface area (Å²) in [5.74, 6) is -1.52. The van der Waals surface area contributed by atoms with Gasteiger partial charge in [0.25, 0.3) is 5.91 Å². The summed E-state index contributed by atoms with van der Waals surface area (Å²) in [5.41, 5.74) is -1.13. The van der Waals surface area contributed by atoms with Crippen LogP contribution >= 0.6 is 0 Å². The Labute approximate surface area is 167 Å². The van der Waals surface area contributed by atoms with Crippen LogP contribution in [-0.2, 0) is 25.3 Å². The largest absolute Gasteiger partial charge is 0.455 e. The predicted molar refractivity (Wildman–Crippen MR) is 99.8 cm³/mol. The molecule has 1 aromatic carbocycles.